The lowest BCUT2D eigenvalue weighted by Gasteiger charge is -2.23. The van der Waals surface area contributed by atoms with Gasteiger partial charge in [-0.2, -0.15) is 5.26 Å². The smallest absolute Gasteiger partial charge is 0.162 e. The Morgan fingerprint density at radius 1 is 1.13 bits per heavy atom. The number of phenolic OH excluding ortho intramolecular Hbond substituents is 1. The fraction of sp³-hybridized carbons (Fsp3) is 0.136. The Kier molecular flexibility index (Phi) is 6.14. The number of rotatable bonds is 4. The molecule has 1 aliphatic rings. The maximum Gasteiger partial charge on any atom is 0.162 e. The van der Waals surface area contributed by atoms with E-state index >= 15 is 0 Å². The molecule has 1 aromatic heterocycles. The van der Waals surface area contributed by atoms with Gasteiger partial charge in [0.25, 0.3) is 0 Å². The van der Waals surface area contributed by atoms with Crippen LogP contribution in [0, 0.1) is 11.3 Å². The monoisotopic (exact) mass is 454 g/mol. The van der Waals surface area contributed by atoms with Crippen LogP contribution in [0.3, 0.4) is 0 Å². The van der Waals surface area contributed by atoms with Crippen LogP contribution in [0.25, 0.3) is 16.6 Å². The number of nitrogens with zero attached hydrogens (tertiary/aromatic N) is 3. The van der Waals surface area contributed by atoms with Crippen molar-refractivity contribution in [3.05, 3.63) is 75.9 Å². The SMILES string of the molecule is N#CCCSC1=NC(c2cc3cc(Cl)ccc3nc2Cl)C=C(c2ccc(O)cc2)N1. The van der Waals surface area contributed by atoms with Gasteiger partial charge in [-0.25, -0.2) is 9.98 Å². The summed E-state index contributed by atoms with van der Waals surface area (Å²) < 4.78 is 0. The normalized spacial score (nSPS) is 15.8. The number of thioether (sulfide) groups is 1. The molecule has 1 aliphatic heterocycles. The molecule has 2 heterocycles. The van der Waals surface area contributed by atoms with Gasteiger partial charge in [0.15, 0.2) is 5.17 Å². The first kappa shape index (κ1) is 20.5. The summed E-state index contributed by atoms with van der Waals surface area (Å²) in [5.41, 5.74) is 3.27. The molecule has 0 bridgehead atoms. The topological polar surface area (TPSA) is 81.3 Å². The van der Waals surface area contributed by atoms with Gasteiger partial charge in [0.1, 0.15) is 16.9 Å². The van der Waals surface area contributed by atoms with E-state index in [1.807, 2.05) is 36.4 Å². The van der Waals surface area contributed by atoms with Crippen molar-refractivity contribution in [3.63, 3.8) is 0 Å². The number of benzene rings is 2. The summed E-state index contributed by atoms with van der Waals surface area (Å²) in [5, 5.41) is 24.3. The van der Waals surface area contributed by atoms with E-state index in [1.165, 1.54) is 11.8 Å². The number of nitriles is 1. The van der Waals surface area contributed by atoms with Crippen LogP contribution in [0.2, 0.25) is 10.2 Å². The van der Waals surface area contributed by atoms with E-state index in [0.29, 0.717) is 27.5 Å². The predicted molar refractivity (Wildman–Crippen MR) is 124 cm³/mol. The number of amidine groups is 1. The summed E-state index contributed by atoms with van der Waals surface area (Å²) in [5.74, 6) is 0.819. The number of nitrogens with one attached hydrogen (secondary N) is 1. The van der Waals surface area contributed by atoms with Gasteiger partial charge >= 0.3 is 0 Å². The van der Waals surface area contributed by atoms with Gasteiger partial charge in [0.05, 0.1) is 11.6 Å². The number of pyridine rings is 1. The molecule has 2 N–H and O–H groups in total. The van der Waals surface area contributed by atoms with Crippen LogP contribution < -0.4 is 5.32 Å². The van der Waals surface area contributed by atoms with Crippen LogP contribution in [0.5, 0.6) is 5.75 Å². The highest BCUT2D eigenvalue weighted by Gasteiger charge is 2.21. The minimum atomic E-state index is -0.358. The molecule has 150 valence electrons. The van der Waals surface area contributed by atoms with Crippen LogP contribution in [0.4, 0.5) is 0 Å². The first-order valence-corrected chi connectivity index (χ1v) is 10.9. The second kappa shape index (κ2) is 8.97. The van der Waals surface area contributed by atoms with Gasteiger partial charge in [-0.1, -0.05) is 35.0 Å². The number of aliphatic imine (C=N–C) groups is 1. The van der Waals surface area contributed by atoms with Crippen LogP contribution in [0.15, 0.2) is 59.6 Å². The van der Waals surface area contributed by atoms with Crippen molar-refractivity contribution in [1.82, 2.24) is 10.3 Å². The van der Waals surface area contributed by atoms with Crippen molar-refractivity contribution in [2.75, 3.05) is 5.75 Å². The quantitative estimate of drug-likeness (QED) is 0.376. The molecule has 5 nitrogen and oxygen atoms in total. The molecule has 30 heavy (non-hydrogen) atoms. The molecule has 0 fully saturated rings. The Balaban J connectivity index is 1.76. The lowest BCUT2D eigenvalue weighted by atomic mass is 10.0. The molecule has 0 saturated carbocycles. The van der Waals surface area contributed by atoms with Gasteiger partial charge in [-0.3, -0.25) is 0 Å². The van der Waals surface area contributed by atoms with E-state index in [4.69, 9.17) is 33.5 Å². The number of halogens is 2. The van der Waals surface area contributed by atoms with Gasteiger partial charge in [0.2, 0.25) is 0 Å². The average molecular weight is 455 g/mol. The van der Waals surface area contributed by atoms with E-state index in [1.54, 1.807) is 18.2 Å². The summed E-state index contributed by atoms with van der Waals surface area (Å²) in [6.45, 7) is 0. The number of fused-ring (bicyclic) bond motifs is 1. The van der Waals surface area contributed by atoms with E-state index < -0.39 is 0 Å². The molecular weight excluding hydrogens is 439 g/mol. The lowest BCUT2D eigenvalue weighted by molar-refractivity contribution is 0.475. The number of aromatic hydroxyl groups is 1. The molecule has 4 rings (SSSR count). The predicted octanol–water partition coefficient (Wildman–Crippen LogP) is 5.94. The number of aromatic nitrogens is 1. The highest BCUT2D eigenvalue weighted by Crippen LogP contribution is 2.34. The van der Waals surface area contributed by atoms with Crippen molar-refractivity contribution in [1.29, 1.82) is 5.26 Å². The zero-order chi connectivity index (χ0) is 21.1. The first-order valence-electron chi connectivity index (χ1n) is 9.15. The second-order valence-electron chi connectivity index (χ2n) is 6.59. The molecule has 0 spiro atoms. The highest BCUT2D eigenvalue weighted by molar-refractivity contribution is 8.13. The maximum absolute atomic E-state index is 9.60. The minimum Gasteiger partial charge on any atom is -0.508 e. The van der Waals surface area contributed by atoms with Crippen molar-refractivity contribution >= 4 is 56.7 Å². The Bertz CT molecular complexity index is 1200. The highest BCUT2D eigenvalue weighted by atomic mass is 35.5. The maximum atomic E-state index is 9.60. The van der Waals surface area contributed by atoms with E-state index in [9.17, 15) is 5.11 Å². The summed E-state index contributed by atoms with van der Waals surface area (Å²) in [6.07, 6.45) is 2.39. The largest absolute Gasteiger partial charge is 0.508 e. The fourth-order valence-electron chi connectivity index (χ4n) is 3.09. The van der Waals surface area contributed by atoms with E-state index in [2.05, 4.69) is 16.4 Å². The van der Waals surface area contributed by atoms with Gasteiger partial charge in [-0.05, 0) is 60.2 Å². The lowest BCUT2D eigenvalue weighted by Crippen LogP contribution is -2.24. The summed E-state index contributed by atoms with van der Waals surface area (Å²) in [6, 6.07) is 16.1. The third-order valence-corrected chi connectivity index (χ3v) is 5.96. The Morgan fingerprint density at radius 2 is 1.93 bits per heavy atom. The second-order valence-corrected chi connectivity index (χ2v) is 8.47. The molecule has 0 aliphatic carbocycles. The van der Waals surface area contributed by atoms with E-state index in [0.717, 1.165) is 27.7 Å². The standard InChI is InChI=1S/C22H16Cl2N4OS/c23-15-4-7-18-14(10-15)11-17(21(24)26-18)20-12-19(13-2-5-16(29)6-3-13)27-22(28-20)30-9-1-8-25/h2-7,10-12,20,29H,1,9H2,(H,27,28). The van der Waals surface area contributed by atoms with Gasteiger partial charge in [-0.15, -0.1) is 0 Å². The van der Waals surface area contributed by atoms with Crippen LogP contribution in [-0.4, -0.2) is 21.0 Å². The van der Waals surface area contributed by atoms with E-state index in [-0.39, 0.29) is 11.8 Å². The zero-order valence-electron chi connectivity index (χ0n) is 15.6. The molecule has 0 radical (unpaired) electrons. The third kappa shape index (κ3) is 4.54. The Labute approximate surface area is 188 Å². The molecule has 1 atom stereocenters. The fourth-order valence-corrected chi connectivity index (χ4v) is 4.29. The number of hydrogen-bond acceptors (Lipinski definition) is 6. The van der Waals surface area contributed by atoms with Crippen molar-refractivity contribution < 1.29 is 5.11 Å². The molecule has 8 heteroatoms. The van der Waals surface area contributed by atoms with Crippen molar-refractivity contribution in [2.24, 2.45) is 4.99 Å². The van der Waals surface area contributed by atoms with Gasteiger partial charge in [0, 0.05) is 33.8 Å². The molecule has 1 unspecified atom stereocenters. The Morgan fingerprint density at radius 3 is 2.70 bits per heavy atom. The van der Waals surface area contributed by atoms with Crippen molar-refractivity contribution in [2.45, 2.75) is 12.5 Å². The van der Waals surface area contributed by atoms with Crippen LogP contribution >= 0.6 is 35.0 Å². The third-order valence-electron chi connectivity index (χ3n) is 4.53. The molecule has 3 aromatic rings. The van der Waals surface area contributed by atoms with Crippen molar-refractivity contribution in [3.8, 4) is 11.8 Å². The molecule has 0 saturated heterocycles. The first-order chi connectivity index (χ1) is 14.5. The average Bonchev–Trinajstić information content (AvgIpc) is 2.74. The minimum absolute atomic E-state index is 0.197. The van der Waals surface area contributed by atoms with Gasteiger partial charge < -0.3 is 10.4 Å². The van der Waals surface area contributed by atoms with Crippen LogP contribution in [0.1, 0.15) is 23.6 Å². The summed E-state index contributed by atoms with van der Waals surface area (Å²) in [4.78, 5) is 9.29. The molecule has 0 amide bonds. The number of phenols is 1. The zero-order valence-corrected chi connectivity index (χ0v) is 18.0. The summed E-state index contributed by atoms with van der Waals surface area (Å²) >= 11 is 14.1. The Hall–Kier alpha value is -2.72. The van der Waals surface area contributed by atoms with Crippen LogP contribution in [-0.2, 0) is 0 Å². The molecule has 2 aromatic carbocycles. The summed E-state index contributed by atoms with van der Waals surface area (Å²) in [7, 11) is 0. The molecular formula is C22H16Cl2N4OS. The number of hydrogen-bond donors (Lipinski definition) is 2.